The van der Waals surface area contributed by atoms with Crippen LogP contribution in [0.3, 0.4) is 0 Å². The van der Waals surface area contributed by atoms with Crippen molar-refractivity contribution in [3.63, 3.8) is 0 Å². The van der Waals surface area contributed by atoms with Gasteiger partial charge in [-0.05, 0) is 79.7 Å². The number of amides is 1. The molecule has 200 valence electrons. The number of carbonyl (C=O) groups excluding carboxylic acids is 5. The second-order valence-electron chi connectivity index (χ2n) is 8.62. The molecule has 1 aliphatic heterocycles. The SMILES string of the molecule is CCOC(=O)c1ccc(N2C[C@H](C(=O)OCC(=O)c3ccc(OC(=O)c4ccc(Br)cc4)cc3)CC2=O)cc1. The summed E-state index contributed by atoms with van der Waals surface area (Å²) in [5, 5.41) is 0. The van der Waals surface area contributed by atoms with Crippen molar-refractivity contribution in [3.8, 4) is 5.75 Å². The highest BCUT2D eigenvalue weighted by Gasteiger charge is 2.36. The van der Waals surface area contributed by atoms with Crippen LogP contribution in [-0.4, -0.2) is 49.4 Å². The van der Waals surface area contributed by atoms with E-state index in [-0.39, 0.29) is 36.8 Å². The molecule has 0 radical (unpaired) electrons. The normalized spacial score (nSPS) is 14.6. The Morgan fingerprint density at radius 2 is 1.41 bits per heavy atom. The fraction of sp³-hybridized carbons (Fsp3) is 0.207. The van der Waals surface area contributed by atoms with E-state index in [4.69, 9.17) is 14.2 Å². The predicted molar refractivity (Wildman–Crippen MR) is 144 cm³/mol. The number of rotatable bonds is 9. The van der Waals surface area contributed by atoms with Crippen LogP contribution in [0.1, 0.15) is 44.4 Å². The van der Waals surface area contributed by atoms with Gasteiger partial charge in [0.05, 0.1) is 23.7 Å². The Morgan fingerprint density at radius 3 is 2.05 bits per heavy atom. The highest BCUT2D eigenvalue weighted by molar-refractivity contribution is 9.10. The number of Topliss-reactive ketones (excluding diaryl/α,β-unsaturated/α-hetero) is 1. The van der Waals surface area contributed by atoms with Crippen molar-refractivity contribution in [1.29, 1.82) is 0 Å². The molecule has 0 saturated carbocycles. The molecule has 0 N–H and O–H groups in total. The van der Waals surface area contributed by atoms with Crippen LogP contribution < -0.4 is 9.64 Å². The maximum absolute atomic E-state index is 12.6. The van der Waals surface area contributed by atoms with Gasteiger partial charge in [-0.1, -0.05) is 15.9 Å². The minimum atomic E-state index is -0.726. The average Bonchev–Trinajstić information content (AvgIpc) is 3.34. The van der Waals surface area contributed by atoms with E-state index in [9.17, 15) is 24.0 Å². The molecular weight excluding hydrogens is 570 g/mol. The molecule has 3 aromatic rings. The van der Waals surface area contributed by atoms with Crippen LogP contribution in [0.5, 0.6) is 5.75 Å². The summed E-state index contributed by atoms with van der Waals surface area (Å²) in [6, 6.07) is 18.9. The van der Waals surface area contributed by atoms with E-state index in [1.165, 1.54) is 29.2 Å². The molecule has 1 aliphatic rings. The lowest BCUT2D eigenvalue weighted by Crippen LogP contribution is -2.27. The highest BCUT2D eigenvalue weighted by Crippen LogP contribution is 2.26. The third kappa shape index (κ3) is 6.97. The van der Waals surface area contributed by atoms with Gasteiger partial charge in [0.25, 0.3) is 0 Å². The number of anilines is 1. The first-order chi connectivity index (χ1) is 18.7. The molecule has 1 atom stereocenters. The molecule has 1 amide bonds. The lowest BCUT2D eigenvalue weighted by molar-refractivity contribution is -0.147. The quantitative estimate of drug-likeness (QED) is 0.200. The summed E-state index contributed by atoms with van der Waals surface area (Å²) >= 11 is 3.30. The maximum Gasteiger partial charge on any atom is 0.343 e. The van der Waals surface area contributed by atoms with Crippen LogP contribution in [0, 0.1) is 5.92 Å². The second kappa shape index (κ2) is 12.5. The second-order valence-corrected chi connectivity index (χ2v) is 9.54. The summed E-state index contributed by atoms with van der Waals surface area (Å²) in [4.78, 5) is 63.1. The average molecular weight is 594 g/mol. The van der Waals surface area contributed by atoms with Crippen molar-refractivity contribution in [2.45, 2.75) is 13.3 Å². The zero-order valence-corrected chi connectivity index (χ0v) is 22.5. The van der Waals surface area contributed by atoms with Crippen LogP contribution >= 0.6 is 15.9 Å². The minimum Gasteiger partial charge on any atom is -0.462 e. The lowest BCUT2D eigenvalue weighted by Gasteiger charge is -2.17. The molecule has 1 fully saturated rings. The van der Waals surface area contributed by atoms with Crippen LogP contribution in [0.25, 0.3) is 0 Å². The Hall–Kier alpha value is -4.31. The van der Waals surface area contributed by atoms with Gasteiger partial charge < -0.3 is 19.1 Å². The monoisotopic (exact) mass is 593 g/mol. The molecule has 0 aliphatic carbocycles. The summed E-state index contributed by atoms with van der Waals surface area (Å²) < 4.78 is 16.3. The van der Waals surface area contributed by atoms with E-state index in [0.717, 1.165) is 4.47 Å². The molecular formula is C29H24BrNO8. The first kappa shape index (κ1) is 27.7. The summed E-state index contributed by atoms with van der Waals surface area (Å²) in [5.41, 5.74) is 1.55. The number of hydrogen-bond donors (Lipinski definition) is 0. The van der Waals surface area contributed by atoms with E-state index >= 15 is 0 Å². The van der Waals surface area contributed by atoms with Crippen LogP contribution in [0.15, 0.2) is 77.3 Å². The molecule has 4 rings (SSSR count). The Labute approximate surface area is 232 Å². The van der Waals surface area contributed by atoms with Crippen molar-refractivity contribution in [2.75, 3.05) is 24.7 Å². The van der Waals surface area contributed by atoms with E-state index in [2.05, 4.69) is 15.9 Å². The van der Waals surface area contributed by atoms with Gasteiger partial charge in [0, 0.05) is 28.7 Å². The van der Waals surface area contributed by atoms with Crippen molar-refractivity contribution < 1.29 is 38.2 Å². The van der Waals surface area contributed by atoms with Crippen molar-refractivity contribution in [1.82, 2.24) is 0 Å². The van der Waals surface area contributed by atoms with E-state index in [0.29, 0.717) is 16.8 Å². The van der Waals surface area contributed by atoms with Gasteiger partial charge >= 0.3 is 17.9 Å². The highest BCUT2D eigenvalue weighted by atomic mass is 79.9. The number of hydrogen-bond acceptors (Lipinski definition) is 8. The minimum absolute atomic E-state index is 0.0505. The van der Waals surface area contributed by atoms with E-state index in [1.54, 1.807) is 55.5 Å². The molecule has 3 aromatic carbocycles. The molecule has 10 heteroatoms. The van der Waals surface area contributed by atoms with Crippen molar-refractivity contribution >= 4 is 51.2 Å². The van der Waals surface area contributed by atoms with Gasteiger partial charge in [-0.2, -0.15) is 0 Å². The van der Waals surface area contributed by atoms with E-state index < -0.39 is 36.2 Å². The zero-order chi connectivity index (χ0) is 27.9. The van der Waals surface area contributed by atoms with Gasteiger partial charge in [0.15, 0.2) is 12.4 Å². The number of ketones is 1. The summed E-state index contributed by atoms with van der Waals surface area (Å²) in [7, 11) is 0. The number of esters is 3. The lowest BCUT2D eigenvalue weighted by atomic mass is 10.1. The summed E-state index contributed by atoms with van der Waals surface area (Å²) in [5.74, 6) is -2.82. The molecule has 0 unspecified atom stereocenters. The number of benzene rings is 3. The van der Waals surface area contributed by atoms with Gasteiger partial charge in [-0.3, -0.25) is 14.4 Å². The third-order valence-electron chi connectivity index (χ3n) is 5.96. The largest absolute Gasteiger partial charge is 0.462 e. The van der Waals surface area contributed by atoms with Crippen molar-refractivity contribution in [2.24, 2.45) is 5.92 Å². The zero-order valence-electron chi connectivity index (χ0n) is 20.9. The van der Waals surface area contributed by atoms with Gasteiger partial charge in [0.1, 0.15) is 5.75 Å². The van der Waals surface area contributed by atoms with Gasteiger partial charge in [-0.15, -0.1) is 0 Å². The molecule has 39 heavy (non-hydrogen) atoms. The number of ether oxygens (including phenoxy) is 3. The Morgan fingerprint density at radius 1 is 0.821 bits per heavy atom. The summed E-state index contributed by atoms with van der Waals surface area (Å²) in [6.07, 6.45) is -0.0505. The molecule has 0 spiro atoms. The Kier molecular flexibility index (Phi) is 8.88. The van der Waals surface area contributed by atoms with Gasteiger partial charge in [-0.25, -0.2) is 9.59 Å². The fourth-order valence-corrected chi connectivity index (χ4v) is 4.17. The van der Waals surface area contributed by atoms with Crippen molar-refractivity contribution in [3.05, 3.63) is 94.0 Å². The molecule has 1 saturated heterocycles. The first-order valence-corrected chi connectivity index (χ1v) is 12.9. The van der Waals surface area contributed by atoms with Crippen LogP contribution in [0.2, 0.25) is 0 Å². The molecule has 0 bridgehead atoms. The maximum atomic E-state index is 12.6. The Bertz CT molecular complexity index is 1380. The van der Waals surface area contributed by atoms with Gasteiger partial charge in [0.2, 0.25) is 5.91 Å². The Balaban J connectivity index is 1.27. The standard InChI is InChI=1S/C29H24BrNO8/c1-2-37-27(34)19-5-11-23(12-6-19)31-16-21(15-26(31)33)28(35)38-17-25(32)18-7-13-24(14-8-18)39-29(36)20-3-9-22(30)10-4-20/h3-14,21H,2,15-17H2,1H3/t21-/m1/s1. The number of carbonyl (C=O) groups is 5. The van der Waals surface area contributed by atoms with Crippen LogP contribution in [-0.2, 0) is 19.1 Å². The third-order valence-corrected chi connectivity index (χ3v) is 6.49. The molecule has 9 nitrogen and oxygen atoms in total. The van der Waals surface area contributed by atoms with E-state index in [1.807, 2.05) is 0 Å². The molecule has 1 heterocycles. The topological polar surface area (TPSA) is 116 Å². The smallest absolute Gasteiger partial charge is 0.343 e. The first-order valence-electron chi connectivity index (χ1n) is 12.1. The number of halogens is 1. The number of nitrogens with zero attached hydrogens (tertiary/aromatic N) is 1. The summed E-state index contributed by atoms with van der Waals surface area (Å²) in [6.45, 7) is 1.58. The van der Waals surface area contributed by atoms with Crippen LogP contribution in [0.4, 0.5) is 5.69 Å². The fourth-order valence-electron chi connectivity index (χ4n) is 3.91. The molecule has 0 aromatic heterocycles. The predicted octanol–water partition coefficient (Wildman–Crippen LogP) is 4.62.